The van der Waals surface area contributed by atoms with Crippen LogP contribution in [0, 0.1) is 0 Å². The number of halogens is 1. The minimum Gasteiger partial charge on any atom is -0.402 e. The van der Waals surface area contributed by atoms with E-state index in [0.29, 0.717) is 12.1 Å². The van der Waals surface area contributed by atoms with Gasteiger partial charge in [-0.25, -0.2) is 0 Å². The minimum absolute atomic E-state index is 0.356. The largest absolute Gasteiger partial charge is 0.498 e. The first-order valence-electron chi connectivity index (χ1n) is 5.84. The summed E-state index contributed by atoms with van der Waals surface area (Å²) in [6.45, 7) is 11.9. The van der Waals surface area contributed by atoms with E-state index < -0.39 is 7.12 Å². The summed E-state index contributed by atoms with van der Waals surface area (Å²) in [6.07, 6.45) is 0.469. The fraction of sp³-hybridized carbons (Fsp3) is 0.727. The van der Waals surface area contributed by atoms with Crippen LogP contribution in [-0.2, 0) is 9.31 Å². The van der Waals surface area contributed by atoms with Gasteiger partial charge in [0.2, 0.25) is 0 Å². The van der Waals surface area contributed by atoms with E-state index in [1.54, 1.807) is 0 Å². The standard InChI is InChI=1S/C11H21BIN2O2P/c1-7(14)9(8(2)15-18-13)12-16-10(3,4)11(5,6)17-12/h18H,14H2,1-6H3/b9-7+,15-8+. The molecule has 1 saturated heterocycles. The highest BCUT2D eigenvalue weighted by atomic mass is 127. The zero-order valence-electron chi connectivity index (χ0n) is 11.8. The molecule has 0 aromatic rings. The number of hydrogen-bond acceptors (Lipinski definition) is 4. The second-order valence-corrected chi connectivity index (χ2v) is 7.31. The molecule has 1 rings (SSSR count). The van der Waals surface area contributed by atoms with Gasteiger partial charge in [0, 0.05) is 16.9 Å². The Morgan fingerprint density at radius 2 is 1.61 bits per heavy atom. The number of hydrogen-bond donors (Lipinski definition) is 1. The lowest BCUT2D eigenvalue weighted by Crippen LogP contribution is -2.41. The number of allylic oxidation sites excluding steroid dienone is 2. The first kappa shape index (κ1) is 16.4. The molecule has 2 N–H and O–H groups in total. The Labute approximate surface area is 125 Å². The third-order valence-corrected chi connectivity index (χ3v) is 4.66. The topological polar surface area (TPSA) is 56.8 Å². The Kier molecular flexibility index (Phi) is 5.26. The van der Waals surface area contributed by atoms with Crippen molar-refractivity contribution in [1.29, 1.82) is 0 Å². The maximum atomic E-state index is 6.01. The van der Waals surface area contributed by atoms with E-state index in [4.69, 9.17) is 15.0 Å². The van der Waals surface area contributed by atoms with Crippen LogP contribution in [0.15, 0.2) is 15.9 Å². The summed E-state index contributed by atoms with van der Waals surface area (Å²) in [5.41, 5.74) is 7.70. The molecule has 1 fully saturated rings. The van der Waals surface area contributed by atoms with Gasteiger partial charge in [-0.2, -0.15) is 0 Å². The minimum atomic E-state index is -0.434. The van der Waals surface area contributed by atoms with E-state index in [1.165, 1.54) is 0 Å². The van der Waals surface area contributed by atoms with Crippen LogP contribution in [0.2, 0.25) is 0 Å². The summed E-state index contributed by atoms with van der Waals surface area (Å²) in [4.78, 5) is 0. The van der Waals surface area contributed by atoms with Gasteiger partial charge in [0.1, 0.15) is 0 Å². The van der Waals surface area contributed by atoms with E-state index in [-0.39, 0.29) is 11.2 Å². The van der Waals surface area contributed by atoms with E-state index in [9.17, 15) is 0 Å². The molecule has 0 aromatic heterocycles. The molecule has 1 atom stereocenters. The number of nitrogens with two attached hydrogens (primary N) is 1. The fourth-order valence-corrected chi connectivity index (χ4v) is 3.06. The molecule has 102 valence electrons. The summed E-state index contributed by atoms with van der Waals surface area (Å²) in [7, 11) is -0.434. The second-order valence-electron chi connectivity index (χ2n) is 5.47. The van der Waals surface area contributed by atoms with Crippen LogP contribution in [0.5, 0.6) is 0 Å². The van der Waals surface area contributed by atoms with Gasteiger partial charge in [0.15, 0.2) is 0 Å². The highest BCUT2D eigenvalue weighted by molar-refractivity contribution is 14.2. The van der Waals surface area contributed by atoms with Crippen molar-refractivity contribution in [2.75, 3.05) is 0 Å². The average molecular weight is 382 g/mol. The van der Waals surface area contributed by atoms with Crippen molar-refractivity contribution in [1.82, 2.24) is 0 Å². The van der Waals surface area contributed by atoms with Crippen molar-refractivity contribution in [3.63, 3.8) is 0 Å². The van der Waals surface area contributed by atoms with Gasteiger partial charge in [-0.1, -0.05) is 0 Å². The van der Waals surface area contributed by atoms with Crippen LogP contribution in [-0.4, -0.2) is 24.0 Å². The van der Waals surface area contributed by atoms with Gasteiger partial charge >= 0.3 is 7.12 Å². The van der Waals surface area contributed by atoms with Gasteiger partial charge in [-0.05, 0) is 63.6 Å². The fourth-order valence-electron chi connectivity index (χ4n) is 1.73. The van der Waals surface area contributed by atoms with Gasteiger partial charge < -0.3 is 15.0 Å². The lowest BCUT2D eigenvalue weighted by molar-refractivity contribution is 0.00578. The second kappa shape index (κ2) is 5.77. The molecule has 0 amide bonds. The predicted molar refractivity (Wildman–Crippen MR) is 88.4 cm³/mol. The molecule has 4 nitrogen and oxygen atoms in total. The zero-order valence-corrected chi connectivity index (χ0v) is 15.0. The third-order valence-electron chi connectivity index (χ3n) is 3.51. The van der Waals surface area contributed by atoms with Crippen molar-refractivity contribution in [3.8, 4) is 0 Å². The van der Waals surface area contributed by atoms with Gasteiger partial charge in [0.25, 0.3) is 0 Å². The Balaban J connectivity index is 3.08. The van der Waals surface area contributed by atoms with Gasteiger partial charge in [0.05, 0.1) is 17.6 Å². The zero-order chi connectivity index (χ0) is 14.1. The molecule has 0 aliphatic carbocycles. The number of nitrogens with zero attached hydrogens (tertiary/aromatic N) is 1. The van der Waals surface area contributed by atoms with Gasteiger partial charge in [-0.3, -0.25) is 4.76 Å². The van der Waals surface area contributed by atoms with Crippen molar-refractivity contribution >= 4 is 41.2 Å². The monoisotopic (exact) mass is 382 g/mol. The third kappa shape index (κ3) is 3.27. The van der Waals surface area contributed by atoms with E-state index in [2.05, 4.69) is 26.8 Å². The number of rotatable bonds is 3. The maximum Gasteiger partial charge on any atom is 0.498 e. The summed E-state index contributed by atoms with van der Waals surface area (Å²) < 4.78 is 16.4. The van der Waals surface area contributed by atoms with Crippen molar-refractivity contribution < 1.29 is 9.31 Å². The molecule has 0 bridgehead atoms. The van der Waals surface area contributed by atoms with Crippen molar-refractivity contribution in [3.05, 3.63) is 11.2 Å². The molecule has 1 aliphatic rings. The summed E-state index contributed by atoms with van der Waals surface area (Å²) >= 11 is 2.23. The first-order chi connectivity index (χ1) is 8.12. The molecular formula is C11H21BIN2O2P. The summed E-state index contributed by atoms with van der Waals surface area (Å²) in [5.74, 6) is 0. The molecular weight excluding hydrogens is 361 g/mol. The molecule has 1 heterocycles. The molecule has 7 heteroatoms. The lowest BCUT2D eigenvalue weighted by Gasteiger charge is -2.32. The van der Waals surface area contributed by atoms with E-state index in [1.807, 2.05) is 41.5 Å². The maximum absolute atomic E-state index is 6.01. The van der Waals surface area contributed by atoms with Crippen molar-refractivity contribution in [2.45, 2.75) is 52.7 Å². The lowest BCUT2D eigenvalue weighted by atomic mass is 9.74. The SMILES string of the molecule is C/C(N)=C(B1OC(C)(C)C(C)(C)O1)/C(C)=N/PI. The van der Waals surface area contributed by atoms with Crippen LogP contribution < -0.4 is 5.73 Å². The smallest absolute Gasteiger partial charge is 0.402 e. The van der Waals surface area contributed by atoms with Crippen LogP contribution in [0.25, 0.3) is 0 Å². The molecule has 0 radical (unpaired) electrons. The van der Waals surface area contributed by atoms with E-state index >= 15 is 0 Å². The van der Waals surface area contributed by atoms with E-state index in [0.717, 1.165) is 11.2 Å². The Morgan fingerprint density at radius 1 is 1.17 bits per heavy atom. The van der Waals surface area contributed by atoms with Crippen LogP contribution in [0.4, 0.5) is 0 Å². The molecule has 1 unspecified atom stereocenters. The van der Waals surface area contributed by atoms with Crippen molar-refractivity contribution in [2.24, 2.45) is 10.5 Å². The normalized spacial score (nSPS) is 24.8. The summed E-state index contributed by atoms with van der Waals surface area (Å²) in [5, 5.41) is 0. The Morgan fingerprint density at radius 3 is 1.94 bits per heavy atom. The molecule has 18 heavy (non-hydrogen) atoms. The predicted octanol–water partition coefficient (Wildman–Crippen LogP) is 3.25. The Hall–Kier alpha value is 0.355. The molecule has 1 aliphatic heterocycles. The molecule has 0 saturated carbocycles. The van der Waals surface area contributed by atoms with Crippen LogP contribution in [0.1, 0.15) is 41.5 Å². The van der Waals surface area contributed by atoms with Crippen LogP contribution >= 0.6 is 28.4 Å². The molecule has 0 aromatic carbocycles. The quantitative estimate of drug-likeness (QED) is 0.353. The van der Waals surface area contributed by atoms with Gasteiger partial charge in [-0.15, -0.1) is 0 Å². The average Bonchev–Trinajstić information content (AvgIpc) is 2.34. The first-order valence-corrected chi connectivity index (χ1v) is 9.90. The highest BCUT2D eigenvalue weighted by Gasteiger charge is 2.53. The summed E-state index contributed by atoms with van der Waals surface area (Å²) in [6, 6.07) is 0. The van der Waals surface area contributed by atoms with Crippen LogP contribution in [0.3, 0.4) is 0 Å². The highest BCUT2D eigenvalue weighted by Crippen LogP contribution is 2.39. The Bertz CT molecular complexity index is 377. The molecule has 0 spiro atoms.